The second kappa shape index (κ2) is 9.19. The van der Waals surface area contributed by atoms with Crippen molar-refractivity contribution >= 4 is 29.2 Å². The van der Waals surface area contributed by atoms with Crippen molar-refractivity contribution in [1.82, 2.24) is 19.9 Å². The molecule has 7 N–H and O–H groups in total. The summed E-state index contributed by atoms with van der Waals surface area (Å²) < 4.78 is 0. The van der Waals surface area contributed by atoms with Gasteiger partial charge in [-0.15, -0.1) is 12.3 Å². The van der Waals surface area contributed by atoms with Crippen LogP contribution in [0, 0.1) is 12.3 Å². The zero-order valence-electron chi connectivity index (χ0n) is 14.4. The minimum atomic E-state index is 0.0494. The molecule has 2 heterocycles. The van der Waals surface area contributed by atoms with Gasteiger partial charge in [0.1, 0.15) is 6.29 Å². The van der Waals surface area contributed by atoms with E-state index in [9.17, 15) is 4.79 Å². The molecule has 9 nitrogen and oxygen atoms in total. The first kappa shape index (κ1) is 19.7. The third-order valence-corrected chi connectivity index (χ3v) is 3.86. The van der Waals surface area contributed by atoms with Crippen molar-refractivity contribution in [2.75, 3.05) is 11.5 Å². The van der Waals surface area contributed by atoms with Crippen LogP contribution in [0.4, 0.5) is 11.8 Å². The van der Waals surface area contributed by atoms with Crippen molar-refractivity contribution in [3.05, 3.63) is 47.3 Å². The van der Waals surface area contributed by atoms with Crippen LogP contribution in [0.1, 0.15) is 34.0 Å². The average Bonchev–Trinajstić information content (AvgIpc) is 2.69. The first-order valence-electron chi connectivity index (χ1n) is 7.89. The number of rotatable bonds is 5. The number of aromatic nitrogens is 4. The van der Waals surface area contributed by atoms with Gasteiger partial charge in [0, 0.05) is 17.9 Å². The highest BCUT2D eigenvalue weighted by Crippen LogP contribution is 2.25. The number of carbonyl (C=O) groups excluding carboxylic acids is 1. The lowest BCUT2D eigenvalue weighted by atomic mass is 9.91. The molecule has 0 saturated heterocycles. The maximum Gasteiger partial charge on any atom is 0.224 e. The van der Waals surface area contributed by atoms with Gasteiger partial charge in [0.05, 0.1) is 11.9 Å². The highest BCUT2D eigenvalue weighted by molar-refractivity contribution is 5.81. The van der Waals surface area contributed by atoms with Gasteiger partial charge in [-0.3, -0.25) is 4.79 Å². The van der Waals surface area contributed by atoms with Crippen molar-refractivity contribution in [2.45, 2.75) is 18.8 Å². The Bertz CT molecular complexity index is 968. The summed E-state index contributed by atoms with van der Waals surface area (Å²) in [4.78, 5) is 27.5. The Hall–Kier alpha value is -3.61. The largest absolute Gasteiger partial charge is 0.382 e. The van der Waals surface area contributed by atoms with Crippen molar-refractivity contribution in [2.24, 2.45) is 5.90 Å². The minimum absolute atomic E-state index is 0.0494. The summed E-state index contributed by atoms with van der Waals surface area (Å²) in [6, 6.07) is 7.34. The lowest BCUT2D eigenvalue weighted by Gasteiger charge is -2.15. The van der Waals surface area contributed by atoms with E-state index in [4.69, 9.17) is 23.1 Å². The number of nitrogen functional groups attached to an aromatic ring is 2. The summed E-state index contributed by atoms with van der Waals surface area (Å²) in [6.07, 6.45) is 9.07. The van der Waals surface area contributed by atoms with Gasteiger partial charge >= 0.3 is 0 Å². The highest BCUT2D eigenvalue weighted by atomic mass is 16.4. The fourth-order valence-corrected chi connectivity index (χ4v) is 2.63. The molecule has 0 saturated carbocycles. The van der Waals surface area contributed by atoms with Gasteiger partial charge < -0.3 is 16.7 Å². The molecule has 0 aliphatic rings. The second-order valence-electron chi connectivity index (χ2n) is 5.59. The lowest BCUT2D eigenvalue weighted by molar-refractivity contribution is 0.112. The smallest absolute Gasteiger partial charge is 0.224 e. The summed E-state index contributed by atoms with van der Waals surface area (Å²) in [5.41, 5.74) is 14.6. The van der Waals surface area contributed by atoms with Gasteiger partial charge in [0.25, 0.3) is 0 Å². The lowest BCUT2D eigenvalue weighted by Crippen LogP contribution is -2.08. The van der Waals surface area contributed by atoms with Crippen LogP contribution in [0.2, 0.25) is 0 Å². The summed E-state index contributed by atoms with van der Waals surface area (Å²) in [5, 5.41) is 6.50. The van der Waals surface area contributed by atoms with Crippen LogP contribution in [-0.2, 0) is 6.42 Å². The predicted octanol–water partition coefficient (Wildman–Crippen LogP) is 1.08. The van der Waals surface area contributed by atoms with E-state index in [-0.39, 0.29) is 17.7 Å². The number of hydrogen-bond acceptors (Lipinski definition) is 9. The highest BCUT2D eigenvalue weighted by Gasteiger charge is 2.15. The predicted molar refractivity (Wildman–Crippen MR) is 102 cm³/mol. The average molecular weight is 365 g/mol. The maximum atomic E-state index is 10.8. The molecule has 0 bridgehead atoms. The molecule has 0 spiro atoms. The van der Waals surface area contributed by atoms with Gasteiger partial charge in [-0.25, -0.2) is 15.9 Å². The number of fused-ring (bicyclic) bond motifs is 1. The van der Waals surface area contributed by atoms with E-state index in [0.29, 0.717) is 29.6 Å². The zero-order chi connectivity index (χ0) is 19.8. The number of anilines is 2. The van der Waals surface area contributed by atoms with Crippen LogP contribution < -0.4 is 17.4 Å². The molecule has 1 atom stereocenters. The molecular formula is C18H19N7O2. The SMILES string of the molecule is C#CCC(Cc1cnc2nc(N)nc(N)c2n1)c1ccc(C=O)cc1.NO. The van der Waals surface area contributed by atoms with Crippen LogP contribution in [0.15, 0.2) is 30.5 Å². The Balaban J connectivity index is 0.00000126. The Kier molecular flexibility index (Phi) is 6.71. The minimum Gasteiger partial charge on any atom is -0.382 e. The third kappa shape index (κ3) is 4.72. The monoisotopic (exact) mass is 365 g/mol. The quantitative estimate of drug-likeness (QED) is 0.294. The molecular weight excluding hydrogens is 346 g/mol. The van der Waals surface area contributed by atoms with Crippen molar-refractivity contribution in [1.29, 1.82) is 0 Å². The molecule has 0 radical (unpaired) electrons. The van der Waals surface area contributed by atoms with E-state index in [0.717, 1.165) is 17.5 Å². The van der Waals surface area contributed by atoms with E-state index in [1.807, 2.05) is 12.1 Å². The molecule has 3 rings (SSSR count). The molecule has 138 valence electrons. The zero-order valence-corrected chi connectivity index (χ0v) is 14.4. The molecule has 1 aromatic carbocycles. The first-order chi connectivity index (χ1) is 13.1. The van der Waals surface area contributed by atoms with Crippen LogP contribution in [-0.4, -0.2) is 31.4 Å². The van der Waals surface area contributed by atoms with E-state index in [1.165, 1.54) is 0 Å². The molecule has 0 fully saturated rings. The van der Waals surface area contributed by atoms with E-state index >= 15 is 0 Å². The summed E-state index contributed by atoms with van der Waals surface area (Å²) in [6.45, 7) is 0. The number of benzene rings is 1. The summed E-state index contributed by atoms with van der Waals surface area (Å²) >= 11 is 0. The fourth-order valence-electron chi connectivity index (χ4n) is 2.63. The van der Waals surface area contributed by atoms with Gasteiger partial charge in [0.2, 0.25) is 5.95 Å². The van der Waals surface area contributed by atoms with Crippen LogP contribution >= 0.6 is 0 Å². The van der Waals surface area contributed by atoms with Crippen LogP contribution in [0.25, 0.3) is 11.2 Å². The molecule has 27 heavy (non-hydrogen) atoms. The van der Waals surface area contributed by atoms with Gasteiger partial charge in [-0.2, -0.15) is 9.97 Å². The van der Waals surface area contributed by atoms with Gasteiger partial charge in [-0.05, 0) is 12.0 Å². The molecule has 0 amide bonds. The van der Waals surface area contributed by atoms with Crippen molar-refractivity contribution < 1.29 is 10.0 Å². The van der Waals surface area contributed by atoms with E-state index in [1.54, 1.807) is 18.3 Å². The number of hydrogen-bond donors (Lipinski definition) is 4. The Morgan fingerprint density at radius 3 is 2.48 bits per heavy atom. The maximum absolute atomic E-state index is 10.8. The number of carbonyl (C=O) groups is 1. The molecule has 0 aliphatic carbocycles. The van der Waals surface area contributed by atoms with Gasteiger partial charge in [0.15, 0.2) is 17.0 Å². The van der Waals surface area contributed by atoms with Crippen LogP contribution in [0.3, 0.4) is 0 Å². The Morgan fingerprint density at radius 2 is 1.85 bits per heavy atom. The number of terminal acetylenes is 1. The topological polar surface area (TPSA) is 167 Å². The summed E-state index contributed by atoms with van der Waals surface area (Å²) in [7, 11) is 0. The van der Waals surface area contributed by atoms with Crippen molar-refractivity contribution in [3.8, 4) is 12.3 Å². The Labute approximate surface area is 155 Å². The normalized spacial score (nSPS) is 11.1. The molecule has 9 heteroatoms. The molecule has 1 unspecified atom stereocenters. The first-order valence-corrected chi connectivity index (χ1v) is 7.89. The molecule has 3 aromatic rings. The van der Waals surface area contributed by atoms with Crippen molar-refractivity contribution in [3.63, 3.8) is 0 Å². The Morgan fingerprint density at radius 1 is 1.15 bits per heavy atom. The third-order valence-electron chi connectivity index (χ3n) is 3.86. The number of nitrogens with two attached hydrogens (primary N) is 3. The molecule has 2 aromatic heterocycles. The fraction of sp³-hybridized carbons (Fsp3) is 0.167. The van der Waals surface area contributed by atoms with Crippen LogP contribution in [0.5, 0.6) is 0 Å². The standard InChI is InChI=1S/C18H16N6O.H3NO/c1-2-3-13(12-6-4-11(10-25)5-7-12)8-14-9-21-17-15(22-14)16(19)23-18(20)24-17;1-2/h1,4-7,9-10,13H,3,8H2,(H4,19,20,21,23,24);2H,1H2. The molecule has 0 aliphatic heterocycles. The van der Waals surface area contributed by atoms with E-state index < -0.39 is 0 Å². The van der Waals surface area contributed by atoms with Gasteiger partial charge in [-0.1, -0.05) is 24.3 Å². The van der Waals surface area contributed by atoms with E-state index in [2.05, 4.69) is 31.8 Å². The number of aldehydes is 1. The number of nitrogens with zero attached hydrogens (tertiary/aromatic N) is 4. The second-order valence-corrected chi connectivity index (χ2v) is 5.59. The summed E-state index contributed by atoms with van der Waals surface area (Å²) in [5.74, 6) is 6.49.